The highest BCUT2D eigenvalue weighted by Gasteiger charge is 2.21. The first-order valence-corrected chi connectivity index (χ1v) is 15.5. The predicted molar refractivity (Wildman–Crippen MR) is 189 cm³/mol. The number of fused-ring (bicyclic) bond motifs is 6. The molecule has 6 heteroatoms. The molecule has 0 fully saturated rings. The molecule has 4 heterocycles. The molecular weight excluding hydrogens is 566 g/mol. The first-order valence-electron chi connectivity index (χ1n) is 15.5. The lowest BCUT2D eigenvalue weighted by Gasteiger charge is -2.20. The van der Waals surface area contributed by atoms with Crippen LogP contribution in [0.5, 0.6) is 11.5 Å². The number of pyridine rings is 1. The second-order valence-corrected chi connectivity index (χ2v) is 12.0. The van der Waals surface area contributed by atoms with Crippen LogP contribution in [0.2, 0.25) is 0 Å². The average molecular weight is 598 g/mol. The van der Waals surface area contributed by atoms with Gasteiger partial charge >= 0.3 is 0 Å². The summed E-state index contributed by atoms with van der Waals surface area (Å²) in [6.07, 6.45) is 4.21. The van der Waals surface area contributed by atoms with E-state index in [0.29, 0.717) is 0 Å². The SMILES string of the molecule is CN1CN(c2cccc(Oc3ccc4c5ccccc5n(-c5cc6c(cn5)c5ccccc5n6C)c4c3)c2)C=C1c1ccccc1. The van der Waals surface area contributed by atoms with Crippen LogP contribution in [0.15, 0.2) is 140 Å². The van der Waals surface area contributed by atoms with E-state index in [9.17, 15) is 0 Å². The number of aryl methyl sites for hydroxylation is 1. The number of rotatable bonds is 5. The number of aromatic nitrogens is 3. The van der Waals surface area contributed by atoms with Gasteiger partial charge in [-0.05, 0) is 42.0 Å². The Labute approximate surface area is 266 Å². The molecule has 0 atom stereocenters. The van der Waals surface area contributed by atoms with Crippen LogP contribution in [0.25, 0.3) is 55.1 Å². The van der Waals surface area contributed by atoms with Crippen LogP contribution in [0.4, 0.5) is 5.69 Å². The molecule has 222 valence electrons. The first-order chi connectivity index (χ1) is 22.6. The van der Waals surface area contributed by atoms with Gasteiger partial charge in [0.1, 0.15) is 17.3 Å². The van der Waals surface area contributed by atoms with Crippen LogP contribution in [0, 0.1) is 0 Å². The van der Waals surface area contributed by atoms with Crippen molar-refractivity contribution in [3.05, 3.63) is 145 Å². The zero-order valence-corrected chi connectivity index (χ0v) is 25.6. The maximum absolute atomic E-state index is 6.54. The minimum atomic E-state index is 0.772. The maximum atomic E-state index is 6.54. The number of benzene rings is 5. The van der Waals surface area contributed by atoms with Crippen molar-refractivity contribution >= 4 is 55.0 Å². The summed E-state index contributed by atoms with van der Waals surface area (Å²) in [7, 11) is 4.25. The average Bonchev–Trinajstić information content (AvgIpc) is 3.74. The summed E-state index contributed by atoms with van der Waals surface area (Å²) in [6, 6.07) is 44.4. The standard InChI is InChI=1S/C40H31N5O/c1-42-26-44(25-39(42)27-11-4-3-5-12-27)28-13-10-14-29(21-28)46-30-19-20-33-31-15-7-9-18-36(31)45(38(33)22-30)40-23-37-34(24-41-40)32-16-6-8-17-35(32)43(37)2/h3-25H,26H2,1-2H3. The second-order valence-electron chi connectivity index (χ2n) is 12.0. The Kier molecular flexibility index (Phi) is 5.90. The topological polar surface area (TPSA) is 38.5 Å². The van der Waals surface area contributed by atoms with Crippen LogP contribution >= 0.6 is 0 Å². The van der Waals surface area contributed by atoms with Gasteiger partial charge < -0.3 is 19.1 Å². The van der Waals surface area contributed by atoms with Crippen molar-refractivity contribution in [2.24, 2.45) is 7.05 Å². The van der Waals surface area contributed by atoms with Gasteiger partial charge in [0.2, 0.25) is 0 Å². The molecule has 9 rings (SSSR count). The molecule has 0 saturated carbocycles. The Morgan fingerprint density at radius 2 is 1.30 bits per heavy atom. The van der Waals surface area contributed by atoms with E-state index in [2.05, 4.69) is 161 Å². The molecule has 0 radical (unpaired) electrons. The van der Waals surface area contributed by atoms with Crippen molar-refractivity contribution < 1.29 is 4.74 Å². The van der Waals surface area contributed by atoms with Crippen LogP contribution in [-0.4, -0.2) is 32.7 Å². The van der Waals surface area contributed by atoms with E-state index < -0.39 is 0 Å². The minimum Gasteiger partial charge on any atom is -0.457 e. The zero-order valence-electron chi connectivity index (χ0n) is 25.6. The molecule has 0 N–H and O–H groups in total. The third-order valence-corrected chi connectivity index (χ3v) is 9.17. The first kappa shape index (κ1) is 26.4. The number of hydrogen-bond donors (Lipinski definition) is 0. The summed E-state index contributed by atoms with van der Waals surface area (Å²) in [4.78, 5) is 9.53. The molecular formula is C40H31N5O. The number of anilines is 1. The van der Waals surface area contributed by atoms with Gasteiger partial charge in [0.15, 0.2) is 0 Å². The van der Waals surface area contributed by atoms with Crippen molar-refractivity contribution in [1.29, 1.82) is 0 Å². The van der Waals surface area contributed by atoms with Crippen molar-refractivity contribution in [1.82, 2.24) is 19.0 Å². The molecule has 46 heavy (non-hydrogen) atoms. The summed E-state index contributed by atoms with van der Waals surface area (Å²) >= 11 is 0. The van der Waals surface area contributed by atoms with Crippen molar-refractivity contribution in [2.45, 2.75) is 0 Å². The lowest BCUT2D eigenvalue weighted by molar-refractivity contribution is 0.482. The third kappa shape index (κ3) is 4.14. The van der Waals surface area contributed by atoms with Crippen molar-refractivity contribution in [3.63, 3.8) is 0 Å². The smallest absolute Gasteiger partial charge is 0.139 e. The molecule has 0 amide bonds. The van der Waals surface area contributed by atoms with E-state index >= 15 is 0 Å². The molecule has 6 nitrogen and oxygen atoms in total. The van der Waals surface area contributed by atoms with Gasteiger partial charge in [-0.25, -0.2) is 4.98 Å². The summed E-state index contributed by atoms with van der Waals surface area (Å²) in [5, 5.41) is 4.71. The van der Waals surface area contributed by atoms with E-state index in [0.717, 1.165) is 57.0 Å². The molecule has 1 aliphatic rings. The number of nitrogens with zero attached hydrogens (tertiary/aromatic N) is 5. The maximum Gasteiger partial charge on any atom is 0.139 e. The van der Waals surface area contributed by atoms with Crippen LogP contribution in [0.3, 0.4) is 0 Å². The second kappa shape index (κ2) is 10.3. The third-order valence-electron chi connectivity index (χ3n) is 9.17. The van der Waals surface area contributed by atoms with Crippen molar-refractivity contribution in [2.75, 3.05) is 18.6 Å². The highest BCUT2D eigenvalue weighted by Crippen LogP contribution is 2.37. The predicted octanol–water partition coefficient (Wildman–Crippen LogP) is 9.32. The van der Waals surface area contributed by atoms with Gasteiger partial charge in [-0.3, -0.25) is 4.57 Å². The summed E-state index contributed by atoms with van der Waals surface area (Å²) in [5.41, 5.74) is 8.00. The van der Waals surface area contributed by atoms with E-state index in [-0.39, 0.29) is 0 Å². The van der Waals surface area contributed by atoms with Gasteiger partial charge in [0.25, 0.3) is 0 Å². The Morgan fingerprint density at radius 1 is 0.587 bits per heavy atom. The Bertz CT molecular complexity index is 2470. The fraction of sp³-hybridized carbons (Fsp3) is 0.0750. The Balaban J connectivity index is 1.11. The summed E-state index contributed by atoms with van der Waals surface area (Å²) in [6.45, 7) is 0.772. The Morgan fingerprint density at radius 3 is 2.15 bits per heavy atom. The summed E-state index contributed by atoms with van der Waals surface area (Å²) < 4.78 is 11.0. The van der Waals surface area contributed by atoms with Gasteiger partial charge in [0, 0.05) is 77.4 Å². The molecule has 1 aliphatic heterocycles. The van der Waals surface area contributed by atoms with Gasteiger partial charge in [-0.1, -0.05) is 72.8 Å². The quantitative estimate of drug-likeness (QED) is 0.198. The minimum absolute atomic E-state index is 0.772. The van der Waals surface area contributed by atoms with Crippen LogP contribution < -0.4 is 9.64 Å². The van der Waals surface area contributed by atoms with Gasteiger partial charge in [-0.15, -0.1) is 0 Å². The fourth-order valence-electron chi connectivity index (χ4n) is 6.94. The van der Waals surface area contributed by atoms with Crippen LogP contribution in [0.1, 0.15) is 5.56 Å². The monoisotopic (exact) mass is 597 g/mol. The van der Waals surface area contributed by atoms with E-state index in [1.54, 1.807) is 0 Å². The van der Waals surface area contributed by atoms with Crippen molar-refractivity contribution in [3.8, 4) is 17.3 Å². The highest BCUT2D eigenvalue weighted by atomic mass is 16.5. The highest BCUT2D eigenvalue weighted by molar-refractivity contribution is 6.11. The lowest BCUT2D eigenvalue weighted by Crippen LogP contribution is -2.22. The molecule has 5 aromatic carbocycles. The van der Waals surface area contributed by atoms with E-state index in [1.165, 1.54) is 27.5 Å². The zero-order chi connectivity index (χ0) is 30.8. The molecule has 0 aliphatic carbocycles. The van der Waals surface area contributed by atoms with E-state index in [1.807, 2.05) is 12.3 Å². The summed E-state index contributed by atoms with van der Waals surface area (Å²) in [5.74, 6) is 2.44. The number of para-hydroxylation sites is 2. The van der Waals surface area contributed by atoms with Crippen LogP contribution in [-0.2, 0) is 7.05 Å². The largest absolute Gasteiger partial charge is 0.457 e. The molecule has 8 aromatic rings. The molecule has 0 spiro atoms. The van der Waals surface area contributed by atoms with Gasteiger partial charge in [-0.2, -0.15) is 0 Å². The molecule has 3 aromatic heterocycles. The molecule has 0 saturated heterocycles. The fourth-order valence-corrected chi connectivity index (χ4v) is 6.94. The Hall–Kier alpha value is -6.01. The lowest BCUT2D eigenvalue weighted by atomic mass is 10.1. The van der Waals surface area contributed by atoms with E-state index in [4.69, 9.17) is 9.72 Å². The number of hydrogen-bond acceptors (Lipinski definition) is 4. The molecule has 0 unspecified atom stereocenters. The normalized spacial score (nSPS) is 13.4. The van der Waals surface area contributed by atoms with Gasteiger partial charge in [0.05, 0.1) is 28.9 Å². The molecule has 0 bridgehead atoms. The number of ether oxygens (including phenoxy) is 1.